The smallest absolute Gasteiger partial charge is 0.255 e. The molecule has 0 unspecified atom stereocenters. The average molecular weight is 341 g/mol. The molecule has 1 atom stereocenters. The van der Waals surface area contributed by atoms with Crippen LogP contribution >= 0.6 is 0 Å². The van der Waals surface area contributed by atoms with Gasteiger partial charge in [-0.2, -0.15) is 0 Å². The second kappa shape index (κ2) is 7.17. The molecule has 0 aliphatic heterocycles. The lowest BCUT2D eigenvalue weighted by Gasteiger charge is -2.34. The molecule has 0 heterocycles. The van der Waals surface area contributed by atoms with Crippen LogP contribution in [0.25, 0.3) is 10.8 Å². The van der Waals surface area contributed by atoms with Gasteiger partial charge in [-0.05, 0) is 57.9 Å². The van der Waals surface area contributed by atoms with Gasteiger partial charge >= 0.3 is 0 Å². The van der Waals surface area contributed by atoms with Crippen LogP contribution in [0.2, 0.25) is 0 Å². The van der Waals surface area contributed by atoms with Crippen LogP contribution in [0.15, 0.2) is 36.4 Å². The van der Waals surface area contributed by atoms with Crippen LogP contribution in [0.5, 0.6) is 0 Å². The highest BCUT2D eigenvalue weighted by Gasteiger charge is 2.31. The Labute approximate surface area is 151 Å². The third-order valence-electron chi connectivity index (χ3n) is 5.05. The summed E-state index contributed by atoms with van der Waals surface area (Å²) < 4.78 is 0. The topological polar surface area (TPSA) is 40.5 Å². The first-order chi connectivity index (χ1) is 11.6. The van der Waals surface area contributed by atoms with Crippen LogP contribution in [0.1, 0.15) is 70.3 Å². The van der Waals surface area contributed by atoms with Crippen molar-refractivity contribution in [1.82, 2.24) is 4.90 Å². The second-order valence-corrected chi connectivity index (χ2v) is 8.03. The molecule has 1 amide bonds. The molecule has 136 valence electrons. The fourth-order valence-electron chi connectivity index (χ4n) is 3.46. The highest BCUT2D eigenvalue weighted by molar-refractivity contribution is 6.08. The summed E-state index contributed by atoms with van der Waals surface area (Å²) in [6, 6.07) is 12.2. The van der Waals surface area contributed by atoms with E-state index in [1.165, 1.54) is 0 Å². The van der Waals surface area contributed by atoms with Gasteiger partial charge in [0.2, 0.25) is 0 Å². The van der Waals surface area contributed by atoms with E-state index in [-0.39, 0.29) is 23.9 Å². The Morgan fingerprint density at radius 3 is 2.04 bits per heavy atom. The van der Waals surface area contributed by atoms with Crippen LogP contribution in [-0.2, 0) is 0 Å². The molecule has 0 aliphatic carbocycles. The van der Waals surface area contributed by atoms with Gasteiger partial charge in [0.25, 0.3) is 5.91 Å². The van der Waals surface area contributed by atoms with Crippen LogP contribution in [0, 0.1) is 0 Å². The van der Waals surface area contributed by atoms with Crippen molar-refractivity contribution in [2.24, 2.45) is 0 Å². The van der Waals surface area contributed by atoms with Crippen LogP contribution in [0.3, 0.4) is 0 Å². The average Bonchev–Trinajstić information content (AvgIpc) is 2.51. The van der Waals surface area contributed by atoms with Gasteiger partial charge in [-0.15, -0.1) is 0 Å². The number of aliphatic hydroxyl groups is 1. The summed E-state index contributed by atoms with van der Waals surface area (Å²) >= 11 is 0. The SMILES string of the molecule is CC(C)N(C(=O)c1c([C@H](C)C(C)(C)O)ccc2ccccc12)C(C)C. The number of hydrogen-bond donors (Lipinski definition) is 1. The predicted molar refractivity (Wildman–Crippen MR) is 105 cm³/mol. The molecule has 25 heavy (non-hydrogen) atoms. The molecule has 2 aromatic rings. The Morgan fingerprint density at radius 2 is 1.52 bits per heavy atom. The quantitative estimate of drug-likeness (QED) is 0.834. The lowest BCUT2D eigenvalue weighted by molar-refractivity contribution is 0.0541. The predicted octanol–water partition coefficient (Wildman–Crippen LogP) is 4.97. The molecule has 3 heteroatoms. The number of carbonyl (C=O) groups excluding carboxylic acids is 1. The maximum atomic E-state index is 13.5. The van der Waals surface area contributed by atoms with E-state index in [1.54, 1.807) is 13.8 Å². The molecule has 0 radical (unpaired) electrons. The first-order valence-corrected chi connectivity index (χ1v) is 9.12. The molecule has 0 saturated heterocycles. The zero-order valence-electron chi connectivity index (χ0n) is 16.5. The lowest BCUT2D eigenvalue weighted by Crippen LogP contribution is -2.43. The van der Waals surface area contributed by atoms with E-state index in [2.05, 4.69) is 0 Å². The van der Waals surface area contributed by atoms with E-state index in [4.69, 9.17) is 0 Å². The molecule has 0 saturated carbocycles. The third kappa shape index (κ3) is 3.87. The second-order valence-electron chi connectivity index (χ2n) is 8.03. The van der Waals surface area contributed by atoms with E-state index >= 15 is 0 Å². The molecule has 0 fully saturated rings. The summed E-state index contributed by atoms with van der Waals surface area (Å²) in [6.07, 6.45) is 0. The number of amides is 1. The highest BCUT2D eigenvalue weighted by atomic mass is 16.3. The van der Waals surface area contributed by atoms with Gasteiger partial charge in [-0.1, -0.05) is 43.3 Å². The minimum atomic E-state index is -0.905. The van der Waals surface area contributed by atoms with Gasteiger partial charge in [0.1, 0.15) is 0 Å². The Balaban J connectivity index is 2.76. The van der Waals surface area contributed by atoms with Gasteiger partial charge in [-0.3, -0.25) is 4.79 Å². The van der Waals surface area contributed by atoms with E-state index in [9.17, 15) is 9.90 Å². The zero-order chi connectivity index (χ0) is 18.9. The summed E-state index contributed by atoms with van der Waals surface area (Å²) in [5, 5.41) is 12.5. The Kier molecular flexibility index (Phi) is 5.58. The first kappa shape index (κ1) is 19.5. The number of nitrogens with zero attached hydrogens (tertiary/aromatic N) is 1. The molecule has 1 N–H and O–H groups in total. The monoisotopic (exact) mass is 341 g/mol. The largest absolute Gasteiger partial charge is 0.390 e. The standard InChI is InChI=1S/C22H31NO2/c1-14(2)23(15(3)4)21(24)20-18(16(5)22(6,7)25)13-12-17-10-8-9-11-19(17)20/h8-16,25H,1-7H3/t16-/m0/s1. The summed E-state index contributed by atoms with van der Waals surface area (Å²) in [5.74, 6) is -0.120. The number of fused-ring (bicyclic) bond motifs is 1. The number of benzene rings is 2. The van der Waals surface area contributed by atoms with Crippen molar-refractivity contribution < 1.29 is 9.90 Å². The molecule has 3 nitrogen and oxygen atoms in total. The molecule has 0 spiro atoms. The molecular weight excluding hydrogens is 310 g/mol. The van der Waals surface area contributed by atoms with Gasteiger partial charge in [0.15, 0.2) is 0 Å². The van der Waals surface area contributed by atoms with Crippen molar-refractivity contribution in [3.8, 4) is 0 Å². The third-order valence-corrected chi connectivity index (χ3v) is 5.05. The minimum absolute atomic E-state index is 0.0351. The van der Waals surface area contributed by atoms with Crippen molar-refractivity contribution >= 4 is 16.7 Å². The van der Waals surface area contributed by atoms with Crippen molar-refractivity contribution in [2.45, 2.75) is 72.1 Å². The summed E-state index contributed by atoms with van der Waals surface area (Å²) in [7, 11) is 0. The maximum absolute atomic E-state index is 13.5. The van der Waals surface area contributed by atoms with Crippen LogP contribution < -0.4 is 0 Å². The first-order valence-electron chi connectivity index (χ1n) is 9.12. The minimum Gasteiger partial charge on any atom is -0.390 e. The van der Waals surface area contributed by atoms with Gasteiger partial charge < -0.3 is 10.0 Å². The van der Waals surface area contributed by atoms with Crippen LogP contribution in [-0.4, -0.2) is 33.6 Å². The van der Waals surface area contributed by atoms with Gasteiger partial charge in [0, 0.05) is 18.0 Å². The number of carbonyl (C=O) groups is 1. The van der Waals surface area contributed by atoms with Crippen molar-refractivity contribution in [3.63, 3.8) is 0 Å². The summed E-state index contributed by atoms with van der Waals surface area (Å²) in [4.78, 5) is 15.5. The normalized spacial score (nSPS) is 13.5. The van der Waals surface area contributed by atoms with Gasteiger partial charge in [0.05, 0.1) is 11.2 Å². The van der Waals surface area contributed by atoms with E-state index < -0.39 is 5.60 Å². The Morgan fingerprint density at radius 1 is 0.960 bits per heavy atom. The van der Waals surface area contributed by atoms with Crippen molar-refractivity contribution in [2.75, 3.05) is 0 Å². The van der Waals surface area contributed by atoms with Gasteiger partial charge in [-0.25, -0.2) is 0 Å². The molecular formula is C22H31NO2. The van der Waals surface area contributed by atoms with E-state index in [0.717, 1.165) is 21.9 Å². The fraction of sp³-hybridized carbons (Fsp3) is 0.500. The fourth-order valence-corrected chi connectivity index (χ4v) is 3.46. The molecule has 0 bridgehead atoms. The molecule has 0 aromatic heterocycles. The number of rotatable bonds is 5. The molecule has 0 aliphatic rings. The highest BCUT2D eigenvalue weighted by Crippen LogP contribution is 2.35. The summed E-state index contributed by atoms with van der Waals surface area (Å²) in [6.45, 7) is 13.7. The van der Waals surface area contributed by atoms with Crippen molar-refractivity contribution in [3.05, 3.63) is 47.5 Å². The summed E-state index contributed by atoms with van der Waals surface area (Å²) in [5.41, 5.74) is 0.718. The Bertz CT molecular complexity index is 748. The number of hydrogen-bond acceptors (Lipinski definition) is 2. The lowest BCUT2D eigenvalue weighted by atomic mass is 9.82. The zero-order valence-corrected chi connectivity index (χ0v) is 16.5. The maximum Gasteiger partial charge on any atom is 0.255 e. The Hall–Kier alpha value is -1.87. The van der Waals surface area contributed by atoms with E-state index in [0.29, 0.717) is 0 Å². The van der Waals surface area contributed by atoms with E-state index in [1.807, 2.05) is 75.9 Å². The van der Waals surface area contributed by atoms with Crippen LogP contribution in [0.4, 0.5) is 0 Å². The van der Waals surface area contributed by atoms with Crippen molar-refractivity contribution in [1.29, 1.82) is 0 Å². The molecule has 2 rings (SSSR count). The molecule has 2 aromatic carbocycles.